The summed E-state index contributed by atoms with van der Waals surface area (Å²) >= 11 is 0. The van der Waals surface area contributed by atoms with Gasteiger partial charge >= 0.3 is 0 Å². The third-order valence-electron chi connectivity index (χ3n) is 5.94. The van der Waals surface area contributed by atoms with Crippen molar-refractivity contribution in [3.05, 3.63) is 59.2 Å². The second kappa shape index (κ2) is 7.99. The molecular weight excluding hydrogens is 373 g/mol. The molecule has 0 saturated carbocycles. The summed E-state index contributed by atoms with van der Waals surface area (Å²) in [4.78, 5) is 30.6. The Morgan fingerprint density at radius 2 is 2.10 bits per heavy atom. The Bertz CT molecular complexity index is 898. The Balaban J connectivity index is 1.49. The number of amides is 2. The molecule has 2 aromatic rings. The number of ether oxygens (including phenoxy) is 1. The molecule has 0 aliphatic carbocycles. The van der Waals surface area contributed by atoms with E-state index in [-0.39, 0.29) is 43.2 Å². The molecule has 2 saturated heterocycles. The number of nitrogens with one attached hydrogen (secondary N) is 2. The van der Waals surface area contributed by atoms with Crippen LogP contribution in [0.1, 0.15) is 34.5 Å². The van der Waals surface area contributed by atoms with Crippen LogP contribution >= 0.6 is 0 Å². The van der Waals surface area contributed by atoms with Crippen LogP contribution in [0.3, 0.4) is 0 Å². The number of carbonyl (C=O) groups is 2. The molecule has 1 atom stereocenters. The van der Waals surface area contributed by atoms with Crippen LogP contribution in [0.4, 0.5) is 4.39 Å². The van der Waals surface area contributed by atoms with Gasteiger partial charge in [-0.15, -0.1) is 0 Å². The van der Waals surface area contributed by atoms with Gasteiger partial charge < -0.3 is 19.9 Å². The standard InChI is InChI=1S/C22H26FN3O3/c1-15-18(8-9-24-15)20(27)26-13-22(14-26,11-16-5-2-3-7-19(16)23)21(28)25-12-17-6-4-10-29-17/h2-3,5,7-9,17,24H,4,6,10-14H2,1H3,(H,25,28). The quantitative estimate of drug-likeness (QED) is 0.784. The van der Waals surface area contributed by atoms with Gasteiger partial charge in [0, 0.05) is 38.1 Å². The first-order chi connectivity index (χ1) is 14.0. The molecule has 4 rings (SSSR count). The molecule has 2 amide bonds. The number of rotatable bonds is 6. The van der Waals surface area contributed by atoms with E-state index < -0.39 is 5.41 Å². The number of likely N-dealkylation sites (tertiary alicyclic amines) is 1. The van der Waals surface area contributed by atoms with E-state index in [1.165, 1.54) is 6.07 Å². The van der Waals surface area contributed by atoms with E-state index in [0.29, 0.717) is 17.7 Å². The lowest BCUT2D eigenvalue weighted by Crippen LogP contribution is -2.66. The molecule has 3 heterocycles. The predicted molar refractivity (Wildman–Crippen MR) is 106 cm³/mol. The van der Waals surface area contributed by atoms with Crippen molar-refractivity contribution in [1.29, 1.82) is 0 Å². The van der Waals surface area contributed by atoms with Crippen molar-refractivity contribution in [2.45, 2.75) is 32.3 Å². The van der Waals surface area contributed by atoms with Gasteiger partial charge in [0.15, 0.2) is 0 Å². The van der Waals surface area contributed by atoms with Gasteiger partial charge in [-0.1, -0.05) is 18.2 Å². The number of aromatic nitrogens is 1. The van der Waals surface area contributed by atoms with Crippen molar-refractivity contribution in [3.63, 3.8) is 0 Å². The maximum Gasteiger partial charge on any atom is 0.255 e. The molecule has 2 N–H and O–H groups in total. The summed E-state index contributed by atoms with van der Waals surface area (Å²) in [7, 11) is 0. The average Bonchev–Trinajstić information content (AvgIpc) is 3.35. The molecule has 2 aliphatic heterocycles. The highest BCUT2D eigenvalue weighted by molar-refractivity contribution is 5.98. The number of carbonyl (C=O) groups excluding carboxylic acids is 2. The number of aromatic amines is 1. The average molecular weight is 399 g/mol. The number of H-pyrrole nitrogens is 1. The van der Waals surface area contributed by atoms with E-state index >= 15 is 0 Å². The smallest absolute Gasteiger partial charge is 0.255 e. The lowest BCUT2D eigenvalue weighted by atomic mass is 9.73. The fraction of sp³-hybridized carbons (Fsp3) is 0.455. The summed E-state index contributed by atoms with van der Waals surface area (Å²) in [5.41, 5.74) is 1.05. The van der Waals surface area contributed by atoms with Crippen molar-refractivity contribution in [3.8, 4) is 0 Å². The summed E-state index contributed by atoms with van der Waals surface area (Å²) in [6, 6.07) is 8.24. The molecule has 29 heavy (non-hydrogen) atoms. The minimum absolute atomic E-state index is 0.0322. The lowest BCUT2D eigenvalue weighted by molar-refractivity contribution is -0.139. The lowest BCUT2D eigenvalue weighted by Gasteiger charge is -2.49. The van der Waals surface area contributed by atoms with Crippen LogP contribution in [0.5, 0.6) is 0 Å². The number of aryl methyl sites for hydroxylation is 1. The molecule has 0 bridgehead atoms. The van der Waals surface area contributed by atoms with Crippen LogP contribution in [-0.4, -0.2) is 54.0 Å². The molecule has 1 aromatic carbocycles. The third-order valence-corrected chi connectivity index (χ3v) is 5.94. The molecule has 0 spiro atoms. The Kier molecular flexibility index (Phi) is 5.41. The van der Waals surface area contributed by atoms with Gasteiger partial charge in [0.2, 0.25) is 5.91 Å². The zero-order chi connectivity index (χ0) is 20.4. The van der Waals surface area contributed by atoms with E-state index in [1.54, 1.807) is 35.4 Å². The molecule has 6 nitrogen and oxygen atoms in total. The van der Waals surface area contributed by atoms with Gasteiger partial charge in [0.1, 0.15) is 5.82 Å². The fourth-order valence-electron chi connectivity index (χ4n) is 4.22. The molecule has 1 unspecified atom stereocenters. The summed E-state index contributed by atoms with van der Waals surface area (Å²) in [5.74, 6) is -0.587. The number of benzene rings is 1. The van der Waals surface area contributed by atoms with E-state index in [4.69, 9.17) is 4.74 Å². The van der Waals surface area contributed by atoms with Gasteiger partial charge in [-0.2, -0.15) is 0 Å². The van der Waals surface area contributed by atoms with Crippen LogP contribution in [0, 0.1) is 18.2 Å². The van der Waals surface area contributed by atoms with E-state index in [9.17, 15) is 14.0 Å². The molecule has 2 fully saturated rings. The fourth-order valence-corrected chi connectivity index (χ4v) is 4.22. The first kappa shape index (κ1) is 19.6. The van der Waals surface area contributed by atoms with Crippen LogP contribution < -0.4 is 5.32 Å². The second-order valence-electron chi connectivity index (χ2n) is 8.07. The van der Waals surface area contributed by atoms with Gasteiger partial charge in [-0.3, -0.25) is 9.59 Å². The zero-order valence-electron chi connectivity index (χ0n) is 16.5. The Labute approximate surface area is 169 Å². The minimum atomic E-state index is -0.833. The van der Waals surface area contributed by atoms with E-state index in [0.717, 1.165) is 25.1 Å². The van der Waals surface area contributed by atoms with Gasteiger partial charge in [0.05, 0.1) is 17.1 Å². The molecule has 7 heteroatoms. The Morgan fingerprint density at radius 1 is 1.31 bits per heavy atom. The summed E-state index contributed by atoms with van der Waals surface area (Å²) < 4.78 is 19.9. The van der Waals surface area contributed by atoms with E-state index in [2.05, 4.69) is 10.3 Å². The van der Waals surface area contributed by atoms with Crippen molar-refractivity contribution in [1.82, 2.24) is 15.2 Å². The van der Waals surface area contributed by atoms with Gasteiger partial charge in [0.25, 0.3) is 5.91 Å². The van der Waals surface area contributed by atoms with Crippen molar-refractivity contribution in [2.75, 3.05) is 26.2 Å². The summed E-state index contributed by atoms with van der Waals surface area (Å²) in [6.45, 7) is 3.54. The maximum absolute atomic E-state index is 14.3. The molecule has 2 aliphatic rings. The highest BCUT2D eigenvalue weighted by Crippen LogP contribution is 2.36. The van der Waals surface area contributed by atoms with Crippen LogP contribution in [0.2, 0.25) is 0 Å². The summed E-state index contributed by atoms with van der Waals surface area (Å²) in [6.07, 6.45) is 3.94. The number of hydrogen-bond donors (Lipinski definition) is 2. The SMILES string of the molecule is Cc1[nH]ccc1C(=O)N1CC(Cc2ccccc2F)(C(=O)NCC2CCCO2)C1. The first-order valence-corrected chi connectivity index (χ1v) is 10.0. The van der Waals surface area contributed by atoms with Crippen LogP contribution in [0.15, 0.2) is 36.5 Å². The maximum atomic E-state index is 14.3. The van der Waals surface area contributed by atoms with Crippen molar-refractivity contribution < 1.29 is 18.7 Å². The second-order valence-corrected chi connectivity index (χ2v) is 8.07. The Morgan fingerprint density at radius 3 is 2.76 bits per heavy atom. The molecule has 1 aromatic heterocycles. The predicted octanol–water partition coefficient (Wildman–Crippen LogP) is 2.44. The topological polar surface area (TPSA) is 74.4 Å². The number of halogens is 1. The first-order valence-electron chi connectivity index (χ1n) is 10.0. The number of nitrogens with zero attached hydrogens (tertiary/aromatic N) is 1. The minimum Gasteiger partial charge on any atom is -0.376 e. The highest BCUT2D eigenvalue weighted by atomic mass is 19.1. The Hall–Kier alpha value is -2.67. The van der Waals surface area contributed by atoms with E-state index in [1.807, 2.05) is 6.92 Å². The molecule has 154 valence electrons. The highest BCUT2D eigenvalue weighted by Gasteiger charge is 2.51. The van der Waals surface area contributed by atoms with Gasteiger partial charge in [-0.25, -0.2) is 4.39 Å². The molecule has 0 radical (unpaired) electrons. The number of hydrogen-bond acceptors (Lipinski definition) is 3. The summed E-state index contributed by atoms with van der Waals surface area (Å²) in [5, 5.41) is 2.98. The monoisotopic (exact) mass is 399 g/mol. The third kappa shape index (κ3) is 3.92. The van der Waals surface area contributed by atoms with Crippen LogP contribution in [0.25, 0.3) is 0 Å². The normalized spacial score (nSPS) is 20.3. The molecular formula is C22H26FN3O3. The van der Waals surface area contributed by atoms with Gasteiger partial charge in [-0.05, 0) is 43.9 Å². The van der Waals surface area contributed by atoms with Crippen molar-refractivity contribution in [2.24, 2.45) is 5.41 Å². The largest absolute Gasteiger partial charge is 0.376 e. The van der Waals surface area contributed by atoms with Crippen LogP contribution in [-0.2, 0) is 16.0 Å². The zero-order valence-corrected chi connectivity index (χ0v) is 16.5. The van der Waals surface area contributed by atoms with Crippen molar-refractivity contribution >= 4 is 11.8 Å².